The van der Waals surface area contributed by atoms with Crippen molar-refractivity contribution in [3.05, 3.63) is 97.3 Å². The third kappa shape index (κ3) is 19.4. The van der Waals surface area contributed by atoms with Gasteiger partial charge in [-0.1, -0.05) is 19.6 Å². The molecule has 0 spiro atoms. The third-order valence-electron chi connectivity index (χ3n) is 8.88. The fourth-order valence-corrected chi connectivity index (χ4v) is 11.7. The number of sulfonamides is 2. The summed E-state index contributed by atoms with van der Waals surface area (Å²) in [5.74, 6) is -0.576. The highest BCUT2D eigenvalue weighted by Gasteiger charge is 2.28. The summed E-state index contributed by atoms with van der Waals surface area (Å²) in [5, 5.41) is 12.3. The van der Waals surface area contributed by atoms with Crippen molar-refractivity contribution in [1.29, 1.82) is 0 Å². The Kier molecular flexibility index (Phi) is 21.5. The van der Waals surface area contributed by atoms with E-state index in [4.69, 9.17) is 5.73 Å². The molecule has 0 fully saturated rings. The molecule has 18 nitrogen and oxygen atoms in total. The predicted octanol–water partition coefficient (Wildman–Crippen LogP) is 10.5. The van der Waals surface area contributed by atoms with Gasteiger partial charge < -0.3 is 27.0 Å². The number of rotatable bonds is 13. The number of urea groups is 1. The van der Waals surface area contributed by atoms with Crippen molar-refractivity contribution >= 4 is 89.4 Å². The van der Waals surface area contributed by atoms with E-state index in [1.807, 2.05) is 52.0 Å². The molecule has 0 saturated heterocycles. The Morgan fingerprint density at radius 2 is 1.00 bits per heavy atom. The van der Waals surface area contributed by atoms with Crippen LogP contribution in [0, 0.1) is 0 Å². The molecule has 0 aliphatic carbocycles. The zero-order valence-corrected chi connectivity index (χ0v) is 45.5. The van der Waals surface area contributed by atoms with Gasteiger partial charge in [0.2, 0.25) is 37.9 Å². The van der Waals surface area contributed by atoms with Gasteiger partial charge in [0.25, 0.3) is 0 Å². The van der Waals surface area contributed by atoms with Crippen LogP contribution in [0.1, 0.15) is 90.5 Å². The third-order valence-corrected chi connectivity index (χ3v) is 14.6. The minimum Gasteiger partial charge on any atom is -0.399 e. The highest BCUT2D eigenvalue weighted by Crippen LogP contribution is 2.39. The Bertz CT molecular complexity index is 3130. The molecule has 73 heavy (non-hydrogen) atoms. The molecule has 4 aromatic carbocycles. The van der Waals surface area contributed by atoms with Gasteiger partial charge in [0.15, 0.2) is 0 Å². The molecular formula is C51H66N10O8S4. The Hall–Kier alpha value is -6.65. The molecule has 2 heterocycles. The average Bonchev–Trinajstić information content (AvgIpc) is 3.94. The number of thiazole rings is 2. The topological polar surface area (TPSA) is 273 Å². The molecule has 0 aliphatic heterocycles. The molecule has 6 aromatic rings. The van der Waals surface area contributed by atoms with Crippen LogP contribution in [0.25, 0.3) is 42.0 Å². The van der Waals surface area contributed by atoms with Crippen LogP contribution in [0.2, 0.25) is 0 Å². The lowest BCUT2D eigenvalue weighted by atomic mass is 10.1. The lowest BCUT2D eigenvalue weighted by Crippen LogP contribution is -2.40. The molecule has 0 unspecified atom stereocenters. The minimum atomic E-state index is -3.90. The fourth-order valence-electron chi connectivity index (χ4n) is 6.30. The van der Waals surface area contributed by atoms with Crippen LogP contribution in [-0.4, -0.2) is 73.9 Å². The molecule has 8 N–H and O–H groups in total. The maximum absolute atomic E-state index is 13.3. The summed E-state index contributed by atoms with van der Waals surface area (Å²) in [6, 6.07) is 24.0. The van der Waals surface area contributed by atoms with Crippen LogP contribution in [0.15, 0.2) is 112 Å². The van der Waals surface area contributed by atoms with Gasteiger partial charge in [0, 0.05) is 88.4 Å². The van der Waals surface area contributed by atoms with Gasteiger partial charge in [-0.25, -0.2) is 50.8 Å². The van der Waals surface area contributed by atoms with Crippen molar-refractivity contribution in [2.45, 2.75) is 123 Å². The zero-order valence-electron chi connectivity index (χ0n) is 42.2. The summed E-state index contributed by atoms with van der Waals surface area (Å²) in [6.07, 6.45) is 4.73. The quantitative estimate of drug-likeness (QED) is 0.0325. The SMILES string of the molecule is C.CC(=O)Nc1ccc(-c2cnc(-c3ccc(N)cc3)s2)c(S(=O)(=O)NC(C)(C)C)c1.CC(=O)Nc1ccc(-c2cnc(-c3ccc(NC(=O)NC(C)C)cc3)s2)c(S(=O)(=O)NC(C)(C)C)c1.CC(C)N=C=O. The summed E-state index contributed by atoms with van der Waals surface area (Å²) in [7, 11) is -7.76. The molecule has 4 amide bonds. The minimum absolute atomic E-state index is 0. The van der Waals surface area contributed by atoms with E-state index in [1.54, 1.807) is 102 Å². The maximum Gasteiger partial charge on any atom is 0.319 e. The lowest BCUT2D eigenvalue weighted by Gasteiger charge is -2.22. The number of nitrogens with one attached hydrogen (secondary N) is 6. The molecule has 0 radical (unpaired) electrons. The number of benzene rings is 4. The number of aromatic nitrogens is 2. The molecule has 0 saturated carbocycles. The number of carbonyl (C=O) groups excluding carboxylic acids is 4. The van der Waals surface area contributed by atoms with E-state index in [0.717, 1.165) is 16.1 Å². The predicted molar refractivity (Wildman–Crippen MR) is 296 cm³/mol. The van der Waals surface area contributed by atoms with E-state index in [0.29, 0.717) is 48.6 Å². The number of nitrogens with zero attached hydrogens (tertiary/aromatic N) is 3. The maximum atomic E-state index is 13.3. The van der Waals surface area contributed by atoms with Crippen molar-refractivity contribution in [1.82, 2.24) is 24.7 Å². The number of hydrogen-bond acceptors (Lipinski definition) is 14. The monoisotopic (exact) mass is 1070 g/mol. The second kappa shape index (κ2) is 25.8. The van der Waals surface area contributed by atoms with Crippen LogP contribution in [0.3, 0.4) is 0 Å². The summed E-state index contributed by atoms with van der Waals surface area (Å²) >= 11 is 2.73. The zero-order chi connectivity index (χ0) is 53.8. The highest BCUT2D eigenvalue weighted by atomic mass is 32.2. The standard InChI is InChI=1S/C25H31N5O4S2.C21H24N4O3S2.C4H7NO.CH4/c1-15(2)27-24(32)29-18-9-7-17(8-10-18)23-26-14-21(35-23)20-12-11-19(28-16(3)31)13-22(20)36(33,34)30-25(4,5)6;1-13(26)24-16-9-10-17(19(11-16)30(27,28)25-21(2,3)4)18-12-23-20(29-18)14-5-7-15(22)8-6-14;1-4(2)5-3-6;/h7-15,30H,1-6H3,(H,28,31)(H2,27,29,32);5-12,25H,22H2,1-4H3,(H,24,26);4H,1-2H3;1H4. The van der Waals surface area contributed by atoms with Gasteiger partial charge in [-0.3, -0.25) is 9.59 Å². The lowest BCUT2D eigenvalue weighted by molar-refractivity contribution is -0.115. The second-order valence-corrected chi connectivity index (χ2v) is 24.2. The van der Waals surface area contributed by atoms with Crippen molar-refractivity contribution in [3.63, 3.8) is 0 Å². The molecule has 6 rings (SSSR count). The van der Waals surface area contributed by atoms with Crippen LogP contribution in [0.4, 0.5) is 27.5 Å². The van der Waals surface area contributed by atoms with Gasteiger partial charge >= 0.3 is 6.03 Å². The van der Waals surface area contributed by atoms with Crippen LogP contribution >= 0.6 is 22.7 Å². The van der Waals surface area contributed by atoms with Gasteiger partial charge in [0.1, 0.15) is 10.0 Å². The number of nitrogens with two attached hydrogens (primary N) is 1. The molecule has 0 bridgehead atoms. The largest absolute Gasteiger partial charge is 0.399 e. The van der Waals surface area contributed by atoms with E-state index in [-0.39, 0.29) is 47.1 Å². The van der Waals surface area contributed by atoms with Gasteiger partial charge in [-0.05, 0) is 142 Å². The second-order valence-electron chi connectivity index (χ2n) is 18.8. The first kappa shape index (κ1) is 60.7. The van der Waals surface area contributed by atoms with Gasteiger partial charge in [-0.15, -0.1) is 22.7 Å². The number of amides is 4. The first-order chi connectivity index (χ1) is 33.4. The Morgan fingerprint density at radius 3 is 1.33 bits per heavy atom. The smallest absolute Gasteiger partial charge is 0.319 e. The molecule has 0 aliphatic rings. The average molecular weight is 1080 g/mol. The van der Waals surface area contributed by atoms with E-state index < -0.39 is 31.1 Å². The Labute approximate surface area is 437 Å². The number of aliphatic imine (C=N–C) groups is 1. The fraction of sp³-hybridized carbons (Fsp3) is 0.333. The van der Waals surface area contributed by atoms with Crippen LogP contribution in [-0.2, 0) is 34.4 Å². The van der Waals surface area contributed by atoms with E-state index in [2.05, 4.69) is 45.7 Å². The summed E-state index contributed by atoms with van der Waals surface area (Å²) in [4.78, 5) is 58.0. The summed E-state index contributed by atoms with van der Waals surface area (Å²) in [5.41, 5.74) is 9.20. The summed E-state index contributed by atoms with van der Waals surface area (Å²) < 4.78 is 58.2. The molecule has 392 valence electrons. The Balaban J connectivity index is 0.000000346. The van der Waals surface area contributed by atoms with Crippen LogP contribution < -0.4 is 36.4 Å². The number of isocyanates is 1. The number of hydrogen-bond donors (Lipinski definition) is 7. The van der Waals surface area contributed by atoms with E-state index in [9.17, 15) is 36.0 Å². The molecule has 2 aromatic heterocycles. The number of carbonyl (C=O) groups is 3. The first-order valence-corrected chi connectivity index (χ1v) is 27.0. The van der Waals surface area contributed by atoms with E-state index >= 15 is 0 Å². The van der Waals surface area contributed by atoms with Gasteiger partial charge in [-0.2, -0.15) is 0 Å². The van der Waals surface area contributed by atoms with Crippen molar-refractivity contribution in [2.24, 2.45) is 4.99 Å². The molecular weight excluding hydrogens is 1010 g/mol. The van der Waals surface area contributed by atoms with Crippen LogP contribution in [0.5, 0.6) is 0 Å². The highest BCUT2D eigenvalue weighted by molar-refractivity contribution is 7.90. The number of nitrogen functional groups attached to an aromatic ring is 1. The molecule has 0 atom stereocenters. The van der Waals surface area contributed by atoms with Crippen molar-refractivity contribution < 1.29 is 36.0 Å². The summed E-state index contributed by atoms with van der Waals surface area (Å²) in [6.45, 7) is 20.7. The number of anilines is 4. The Morgan fingerprint density at radius 1 is 0.616 bits per heavy atom. The molecule has 22 heteroatoms. The van der Waals surface area contributed by atoms with Crippen molar-refractivity contribution in [3.8, 4) is 42.0 Å². The van der Waals surface area contributed by atoms with E-state index in [1.165, 1.54) is 54.7 Å². The van der Waals surface area contributed by atoms with Gasteiger partial charge in [0.05, 0.1) is 25.6 Å². The first-order valence-electron chi connectivity index (χ1n) is 22.4. The van der Waals surface area contributed by atoms with Crippen molar-refractivity contribution in [2.75, 3.05) is 21.7 Å². The normalized spacial score (nSPS) is 11.4.